The molecule has 186 valence electrons. The molecule has 0 saturated carbocycles. The number of halogens is 1. The number of hydrogen-bond donors (Lipinski definition) is 2. The quantitative estimate of drug-likeness (QED) is 0.353. The highest BCUT2D eigenvalue weighted by molar-refractivity contribution is 5.89. The number of benzene rings is 3. The fourth-order valence-corrected chi connectivity index (χ4v) is 4.06. The van der Waals surface area contributed by atoms with Gasteiger partial charge in [0.15, 0.2) is 11.5 Å². The maximum atomic E-state index is 14.2. The first-order chi connectivity index (χ1) is 17.4. The SMILES string of the molecule is COc1ccc(CCN(Cc2cc3cccc(C)c3[nH]c2=O)C(=O)Nc2ccccc2F)cc1OC. The summed E-state index contributed by atoms with van der Waals surface area (Å²) in [6.07, 6.45) is 0.482. The summed E-state index contributed by atoms with van der Waals surface area (Å²) >= 11 is 0. The van der Waals surface area contributed by atoms with Gasteiger partial charge >= 0.3 is 6.03 Å². The Balaban J connectivity index is 1.62. The lowest BCUT2D eigenvalue weighted by molar-refractivity contribution is 0.209. The van der Waals surface area contributed by atoms with Gasteiger partial charge in [0.2, 0.25) is 0 Å². The van der Waals surface area contributed by atoms with E-state index in [-0.39, 0.29) is 24.3 Å². The molecule has 2 N–H and O–H groups in total. The third-order valence-electron chi connectivity index (χ3n) is 6.05. The summed E-state index contributed by atoms with van der Waals surface area (Å²) in [5.74, 6) is 0.650. The molecule has 0 unspecified atom stereocenters. The third kappa shape index (κ3) is 5.49. The molecule has 36 heavy (non-hydrogen) atoms. The number of nitrogens with one attached hydrogen (secondary N) is 2. The molecule has 0 spiro atoms. The Bertz CT molecular complexity index is 1450. The highest BCUT2D eigenvalue weighted by Crippen LogP contribution is 2.28. The lowest BCUT2D eigenvalue weighted by Gasteiger charge is -2.23. The van der Waals surface area contributed by atoms with Crippen LogP contribution in [-0.4, -0.2) is 36.7 Å². The Labute approximate surface area is 208 Å². The van der Waals surface area contributed by atoms with Crippen LogP contribution in [0.3, 0.4) is 0 Å². The van der Waals surface area contributed by atoms with Gasteiger partial charge in [0.1, 0.15) is 5.82 Å². The van der Waals surface area contributed by atoms with Crippen molar-refractivity contribution < 1.29 is 18.7 Å². The Hall–Kier alpha value is -4.33. The predicted molar refractivity (Wildman–Crippen MR) is 138 cm³/mol. The van der Waals surface area contributed by atoms with E-state index in [1.165, 1.54) is 17.0 Å². The second-order valence-corrected chi connectivity index (χ2v) is 8.43. The highest BCUT2D eigenvalue weighted by Gasteiger charge is 2.18. The lowest BCUT2D eigenvalue weighted by Crippen LogP contribution is -2.37. The maximum Gasteiger partial charge on any atom is 0.322 e. The molecule has 2 amide bonds. The number of carbonyl (C=O) groups is 1. The number of hydrogen-bond acceptors (Lipinski definition) is 4. The monoisotopic (exact) mass is 489 g/mol. The van der Waals surface area contributed by atoms with E-state index in [4.69, 9.17) is 9.47 Å². The first kappa shape index (κ1) is 24.8. The summed E-state index contributed by atoms with van der Waals surface area (Å²) in [5.41, 5.74) is 2.87. The zero-order chi connectivity index (χ0) is 25.7. The van der Waals surface area contributed by atoms with Crippen LogP contribution in [0.4, 0.5) is 14.9 Å². The molecule has 0 saturated heterocycles. The van der Waals surface area contributed by atoms with E-state index in [2.05, 4.69) is 10.3 Å². The molecule has 1 aromatic heterocycles. The van der Waals surface area contributed by atoms with Gasteiger partial charge in [-0.15, -0.1) is 0 Å². The minimum Gasteiger partial charge on any atom is -0.493 e. The van der Waals surface area contributed by atoms with Crippen molar-refractivity contribution in [2.45, 2.75) is 19.9 Å². The molecule has 0 atom stereocenters. The van der Waals surface area contributed by atoms with E-state index in [9.17, 15) is 14.0 Å². The number of aromatic amines is 1. The number of pyridine rings is 1. The van der Waals surface area contributed by atoms with Crippen molar-refractivity contribution in [1.29, 1.82) is 0 Å². The fraction of sp³-hybridized carbons (Fsp3) is 0.214. The van der Waals surface area contributed by atoms with E-state index >= 15 is 0 Å². The molecule has 0 bridgehead atoms. The average molecular weight is 490 g/mol. The van der Waals surface area contributed by atoms with Crippen LogP contribution in [0.25, 0.3) is 10.9 Å². The van der Waals surface area contributed by atoms with Crippen molar-refractivity contribution in [3.8, 4) is 11.5 Å². The second kappa shape index (κ2) is 10.9. The Morgan fingerprint density at radius 3 is 2.53 bits per heavy atom. The molecule has 0 aliphatic rings. The molecule has 4 aromatic rings. The molecule has 7 nitrogen and oxygen atoms in total. The first-order valence-corrected chi connectivity index (χ1v) is 11.5. The molecule has 0 radical (unpaired) electrons. The number of carbonyl (C=O) groups excluding carboxylic acids is 1. The maximum absolute atomic E-state index is 14.2. The summed E-state index contributed by atoms with van der Waals surface area (Å²) in [6, 6.07) is 18.5. The standard InChI is InChI=1S/C28H28FN3O4/c1-18-7-6-8-20-16-21(27(33)31-26(18)20)17-32(28(34)30-23-10-5-4-9-22(23)29)14-13-19-11-12-24(35-2)25(15-19)36-3/h4-12,15-16H,13-14,17H2,1-3H3,(H,30,34)(H,31,33). The number of nitrogens with zero attached hydrogens (tertiary/aromatic N) is 1. The Morgan fingerprint density at radius 1 is 1.00 bits per heavy atom. The lowest BCUT2D eigenvalue weighted by atomic mass is 10.1. The number of rotatable bonds is 8. The molecule has 4 rings (SSSR count). The van der Waals surface area contributed by atoms with Crippen molar-refractivity contribution in [3.63, 3.8) is 0 Å². The first-order valence-electron chi connectivity index (χ1n) is 11.5. The van der Waals surface area contributed by atoms with Gasteiger partial charge in [-0.3, -0.25) is 4.79 Å². The number of fused-ring (bicyclic) bond motifs is 1. The van der Waals surface area contributed by atoms with Crippen molar-refractivity contribution >= 4 is 22.6 Å². The van der Waals surface area contributed by atoms with Crippen molar-refractivity contribution in [2.24, 2.45) is 0 Å². The van der Waals surface area contributed by atoms with E-state index in [1.54, 1.807) is 38.5 Å². The number of methoxy groups -OCH3 is 2. The van der Waals surface area contributed by atoms with Gasteiger partial charge < -0.3 is 24.7 Å². The molecule has 0 aliphatic heterocycles. The molecule has 1 heterocycles. The van der Waals surface area contributed by atoms with Crippen LogP contribution in [0.15, 0.2) is 71.5 Å². The Kier molecular flexibility index (Phi) is 7.53. The van der Waals surface area contributed by atoms with Gasteiger partial charge in [-0.2, -0.15) is 0 Å². The van der Waals surface area contributed by atoms with Gasteiger partial charge in [-0.25, -0.2) is 9.18 Å². The number of anilines is 1. The second-order valence-electron chi connectivity index (χ2n) is 8.43. The predicted octanol–water partition coefficient (Wildman–Crippen LogP) is 5.27. The number of urea groups is 1. The van der Waals surface area contributed by atoms with Gasteiger partial charge in [-0.1, -0.05) is 36.4 Å². The van der Waals surface area contributed by atoms with Gasteiger partial charge in [0, 0.05) is 12.1 Å². The number of para-hydroxylation sites is 2. The van der Waals surface area contributed by atoms with Crippen LogP contribution in [-0.2, 0) is 13.0 Å². The average Bonchev–Trinajstić information content (AvgIpc) is 2.88. The summed E-state index contributed by atoms with van der Waals surface area (Å²) in [5, 5.41) is 3.50. The smallest absolute Gasteiger partial charge is 0.322 e. The number of aromatic nitrogens is 1. The molecule has 0 aliphatic carbocycles. The van der Waals surface area contributed by atoms with E-state index < -0.39 is 11.8 Å². The number of aryl methyl sites for hydroxylation is 1. The van der Waals surface area contributed by atoms with Gasteiger partial charge in [0.05, 0.1) is 32.0 Å². The van der Waals surface area contributed by atoms with Crippen LogP contribution in [0.1, 0.15) is 16.7 Å². The van der Waals surface area contributed by atoms with E-state index in [0.29, 0.717) is 23.5 Å². The molecular weight excluding hydrogens is 461 g/mol. The Morgan fingerprint density at radius 2 is 1.78 bits per heavy atom. The van der Waals surface area contributed by atoms with E-state index in [1.807, 2.05) is 37.3 Å². The van der Waals surface area contributed by atoms with Crippen LogP contribution >= 0.6 is 0 Å². The molecule has 0 fully saturated rings. The zero-order valence-electron chi connectivity index (χ0n) is 20.4. The zero-order valence-corrected chi connectivity index (χ0v) is 20.4. The summed E-state index contributed by atoms with van der Waals surface area (Å²) < 4.78 is 24.9. The summed E-state index contributed by atoms with van der Waals surface area (Å²) in [4.78, 5) is 30.5. The summed E-state index contributed by atoms with van der Waals surface area (Å²) in [6.45, 7) is 2.25. The molecular formula is C28H28FN3O4. The largest absolute Gasteiger partial charge is 0.493 e. The molecule has 3 aromatic carbocycles. The van der Waals surface area contributed by atoms with E-state index in [0.717, 1.165) is 22.0 Å². The normalized spacial score (nSPS) is 10.8. The highest BCUT2D eigenvalue weighted by atomic mass is 19.1. The van der Waals surface area contributed by atoms with Crippen LogP contribution in [0.2, 0.25) is 0 Å². The molecule has 8 heteroatoms. The number of amides is 2. The van der Waals surface area contributed by atoms with Crippen molar-refractivity contribution in [2.75, 3.05) is 26.1 Å². The third-order valence-corrected chi connectivity index (χ3v) is 6.05. The number of ether oxygens (including phenoxy) is 2. The van der Waals surface area contributed by atoms with Crippen LogP contribution in [0, 0.1) is 12.7 Å². The van der Waals surface area contributed by atoms with Gasteiger partial charge in [0.25, 0.3) is 5.56 Å². The number of H-pyrrole nitrogens is 1. The van der Waals surface area contributed by atoms with Gasteiger partial charge in [-0.05, 0) is 60.2 Å². The van der Waals surface area contributed by atoms with Crippen molar-refractivity contribution in [1.82, 2.24) is 9.88 Å². The minimum atomic E-state index is -0.537. The summed E-state index contributed by atoms with van der Waals surface area (Å²) in [7, 11) is 3.12. The topological polar surface area (TPSA) is 83.7 Å². The fourth-order valence-electron chi connectivity index (χ4n) is 4.06. The van der Waals surface area contributed by atoms with Crippen LogP contribution < -0.4 is 20.3 Å². The van der Waals surface area contributed by atoms with Crippen LogP contribution in [0.5, 0.6) is 11.5 Å². The minimum absolute atomic E-state index is 0.0484. The van der Waals surface area contributed by atoms with Crippen molar-refractivity contribution in [3.05, 3.63) is 99.6 Å².